The molecule has 0 radical (unpaired) electrons. The summed E-state index contributed by atoms with van der Waals surface area (Å²) in [6, 6.07) is 17.3. The maximum Gasteiger partial charge on any atom is 0.0554 e. The van der Waals surface area contributed by atoms with Gasteiger partial charge in [0.15, 0.2) is 0 Å². The molecule has 0 unspecified atom stereocenters. The number of hydrogen-bond acceptors (Lipinski definition) is 2. The third-order valence-electron chi connectivity index (χ3n) is 2.71. The summed E-state index contributed by atoms with van der Waals surface area (Å²) in [5.41, 5.74) is 5.75. The number of hydrogen-bond donors (Lipinski definition) is 1. The first-order valence-electron chi connectivity index (χ1n) is 5.07. The van der Waals surface area contributed by atoms with Crippen LogP contribution in [0, 0.1) is 5.41 Å². The molecule has 78 valence electrons. The zero-order valence-electron chi connectivity index (χ0n) is 8.73. The molecule has 16 heavy (non-hydrogen) atoms. The molecule has 0 saturated carbocycles. The van der Waals surface area contributed by atoms with Crippen molar-refractivity contribution < 1.29 is 0 Å². The van der Waals surface area contributed by atoms with Gasteiger partial charge in [-0.15, -0.1) is 0 Å². The maximum atomic E-state index is 5.77. The van der Waals surface area contributed by atoms with E-state index < -0.39 is 0 Å². The molecule has 0 aliphatic heterocycles. The summed E-state index contributed by atoms with van der Waals surface area (Å²) in [5, 5.41) is 7.36. The van der Waals surface area contributed by atoms with Gasteiger partial charge in [-0.05, 0) is 40.9 Å². The van der Waals surface area contributed by atoms with Gasteiger partial charge in [-0.1, -0.05) is 48.5 Å². The van der Waals surface area contributed by atoms with E-state index >= 15 is 0 Å². The number of nitrogens with one attached hydrogen (secondary N) is 1. The monoisotopic (exact) mass is 225 g/mol. The van der Waals surface area contributed by atoms with Crippen LogP contribution in [0.1, 0.15) is 11.1 Å². The van der Waals surface area contributed by atoms with Gasteiger partial charge in [-0.2, -0.15) is 0 Å². The predicted octanol–water partition coefficient (Wildman–Crippen LogP) is 3.93. The molecule has 0 atom stereocenters. The maximum absolute atomic E-state index is 5.77. The summed E-state index contributed by atoms with van der Waals surface area (Å²) in [4.78, 5) is 0. The molecular weight excluding hydrogens is 214 g/mol. The lowest BCUT2D eigenvalue weighted by atomic mass is 10.1. The van der Waals surface area contributed by atoms with E-state index in [9.17, 15) is 0 Å². The van der Waals surface area contributed by atoms with Crippen LogP contribution in [-0.4, -0.2) is 5.16 Å². The molecule has 0 fully saturated rings. The predicted molar refractivity (Wildman–Crippen MR) is 70.0 cm³/mol. The molecule has 2 aromatic carbocycles. The Labute approximate surface area is 100 Å². The van der Waals surface area contributed by atoms with Crippen molar-refractivity contribution in [3.05, 3.63) is 59.7 Å². The molecular formula is C14H11NS. The molecule has 3 rings (SSSR count). The summed E-state index contributed by atoms with van der Waals surface area (Å²) in [7, 11) is 0. The number of rotatable bonds is 0. The molecule has 0 amide bonds. The Kier molecular flexibility index (Phi) is 3.25. The summed E-state index contributed by atoms with van der Waals surface area (Å²) in [5.74, 6) is 0. The Bertz CT molecular complexity index is 496. The zero-order chi connectivity index (χ0) is 11.4. The minimum atomic E-state index is 1.10. The third-order valence-corrected chi connectivity index (χ3v) is 2.71. The molecule has 1 nitrogen and oxygen atoms in total. The highest BCUT2D eigenvalue weighted by Gasteiger charge is 2.15. The molecule has 0 aromatic heterocycles. The Morgan fingerprint density at radius 1 is 0.875 bits per heavy atom. The number of isothiocyanates is 1. The van der Waals surface area contributed by atoms with E-state index in [0.29, 0.717) is 0 Å². The van der Waals surface area contributed by atoms with Gasteiger partial charge in [-0.25, -0.2) is 5.41 Å². The van der Waals surface area contributed by atoms with E-state index in [1.54, 1.807) is 5.16 Å². The fourth-order valence-corrected chi connectivity index (χ4v) is 2.08. The van der Waals surface area contributed by atoms with E-state index in [1.807, 2.05) is 0 Å². The molecule has 1 aliphatic rings. The topological polar surface area (TPSA) is 23.9 Å². The second-order valence-electron chi connectivity index (χ2n) is 3.59. The lowest BCUT2D eigenvalue weighted by Crippen LogP contribution is -1.77. The molecule has 2 heteroatoms. The van der Waals surface area contributed by atoms with Gasteiger partial charge in [0.05, 0.1) is 5.16 Å². The Balaban J connectivity index is 0.000000292. The summed E-state index contributed by atoms with van der Waals surface area (Å²) >= 11 is 3.81. The van der Waals surface area contributed by atoms with Gasteiger partial charge in [-0.3, -0.25) is 0 Å². The fraction of sp³-hybridized carbons (Fsp3) is 0.0714. The third kappa shape index (κ3) is 1.94. The Morgan fingerprint density at radius 2 is 1.25 bits per heavy atom. The van der Waals surface area contributed by atoms with Gasteiger partial charge >= 0.3 is 0 Å². The normalized spacial score (nSPS) is 10.5. The van der Waals surface area contributed by atoms with Crippen molar-refractivity contribution in [2.24, 2.45) is 0 Å². The van der Waals surface area contributed by atoms with E-state index in [4.69, 9.17) is 5.41 Å². The summed E-state index contributed by atoms with van der Waals surface area (Å²) in [6.45, 7) is 0. The van der Waals surface area contributed by atoms with Crippen LogP contribution in [0.5, 0.6) is 0 Å². The van der Waals surface area contributed by atoms with Gasteiger partial charge < -0.3 is 0 Å². The highest BCUT2D eigenvalue weighted by atomic mass is 32.1. The number of benzene rings is 2. The lowest BCUT2D eigenvalue weighted by Gasteiger charge is -1.98. The highest BCUT2D eigenvalue weighted by Crippen LogP contribution is 2.35. The molecule has 0 bridgehead atoms. The first-order chi connectivity index (χ1) is 7.86. The zero-order valence-corrected chi connectivity index (χ0v) is 9.55. The lowest BCUT2D eigenvalue weighted by molar-refractivity contribution is 1.26. The second kappa shape index (κ2) is 4.84. The SMILES string of the molecule is N=C=S.c1ccc2c(c1)Cc1ccccc1-2. The first-order valence-corrected chi connectivity index (χ1v) is 5.47. The average molecular weight is 225 g/mol. The standard InChI is InChI=1S/C13H10.CHNS/c1-3-7-12-10(5-1)9-11-6-2-4-8-13(11)12;2-1-3/h1-8H,9H2;2H. The van der Waals surface area contributed by atoms with Crippen LogP contribution in [0.4, 0.5) is 0 Å². The first kappa shape index (κ1) is 10.7. The molecule has 0 spiro atoms. The minimum absolute atomic E-state index is 1.10. The molecule has 2 aromatic rings. The Morgan fingerprint density at radius 3 is 1.69 bits per heavy atom. The van der Waals surface area contributed by atoms with Crippen LogP contribution in [0.3, 0.4) is 0 Å². The van der Waals surface area contributed by atoms with Gasteiger partial charge in [0.1, 0.15) is 0 Å². The molecule has 1 aliphatic carbocycles. The van der Waals surface area contributed by atoms with Crippen molar-refractivity contribution in [2.75, 3.05) is 0 Å². The smallest absolute Gasteiger partial charge is 0.0554 e. The van der Waals surface area contributed by atoms with Gasteiger partial charge in [0, 0.05) is 0 Å². The largest absolute Gasteiger partial charge is 0.248 e. The molecule has 1 N–H and O–H groups in total. The summed E-state index contributed by atoms with van der Waals surface area (Å²) in [6.07, 6.45) is 1.10. The van der Waals surface area contributed by atoms with Gasteiger partial charge in [0.25, 0.3) is 0 Å². The van der Waals surface area contributed by atoms with E-state index in [1.165, 1.54) is 22.3 Å². The quantitative estimate of drug-likeness (QED) is 0.455. The van der Waals surface area contributed by atoms with E-state index in [-0.39, 0.29) is 0 Å². The molecule has 0 saturated heterocycles. The average Bonchev–Trinajstić information content (AvgIpc) is 2.68. The summed E-state index contributed by atoms with van der Waals surface area (Å²) < 4.78 is 0. The fourth-order valence-electron chi connectivity index (χ4n) is 2.08. The highest BCUT2D eigenvalue weighted by molar-refractivity contribution is 7.78. The van der Waals surface area contributed by atoms with Crippen LogP contribution in [0.25, 0.3) is 11.1 Å². The van der Waals surface area contributed by atoms with Crippen molar-refractivity contribution >= 4 is 17.4 Å². The number of thiocarbonyl (C=S) groups is 1. The van der Waals surface area contributed by atoms with Gasteiger partial charge in [0.2, 0.25) is 0 Å². The number of fused-ring (bicyclic) bond motifs is 3. The van der Waals surface area contributed by atoms with Crippen molar-refractivity contribution in [1.29, 1.82) is 5.41 Å². The van der Waals surface area contributed by atoms with Crippen molar-refractivity contribution in [2.45, 2.75) is 6.42 Å². The Hall–Kier alpha value is -1.76. The van der Waals surface area contributed by atoms with Crippen molar-refractivity contribution in [3.63, 3.8) is 0 Å². The second-order valence-corrected chi connectivity index (χ2v) is 3.80. The van der Waals surface area contributed by atoms with E-state index in [0.717, 1.165) is 6.42 Å². The van der Waals surface area contributed by atoms with Crippen LogP contribution >= 0.6 is 12.2 Å². The van der Waals surface area contributed by atoms with Crippen molar-refractivity contribution in [3.8, 4) is 11.1 Å². The van der Waals surface area contributed by atoms with Crippen LogP contribution in [0.15, 0.2) is 48.5 Å². The molecule has 0 heterocycles. The minimum Gasteiger partial charge on any atom is -0.248 e. The van der Waals surface area contributed by atoms with Crippen LogP contribution in [-0.2, 0) is 6.42 Å². The van der Waals surface area contributed by atoms with Crippen LogP contribution in [0.2, 0.25) is 0 Å². The van der Waals surface area contributed by atoms with E-state index in [2.05, 4.69) is 60.7 Å². The van der Waals surface area contributed by atoms with Crippen molar-refractivity contribution in [1.82, 2.24) is 0 Å². The van der Waals surface area contributed by atoms with Crippen LogP contribution < -0.4 is 0 Å².